The van der Waals surface area contributed by atoms with Crippen molar-refractivity contribution in [1.29, 1.82) is 0 Å². The van der Waals surface area contributed by atoms with Crippen LogP contribution in [0.5, 0.6) is 11.5 Å². The molecule has 26 heavy (non-hydrogen) atoms. The number of Topliss-reactive ketones (excluding diaryl/α,β-unsaturated/α-hetero) is 1. The van der Waals surface area contributed by atoms with Gasteiger partial charge in [0.05, 0.1) is 0 Å². The van der Waals surface area contributed by atoms with Crippen molar-refractivity contribution in [2.24, 2.45) is 0 Å². The van der Waals surface area contributed by atoms with E-state index in [9.17, 15) is 4.79 Å². The van der Waals surface area contributed by atoms with Gasteiger partial charge in [-0.1, -0.05) is 76.5 Å². The maximum Gasteiger partial charge on any atom is 0.162 e. The molecule has 0 saturated heterocycles. The number of unbranched alkanes of at least 4 members (excludes halogenated alkanes) is 8. The summed E-state index contributed by atoms with van der Waals surface area (Å²) < 4.78 is 5.76. The Bertz CT molecular complexity index is 616. The van der Waals surface area contributed by atoms with E-state index in [1.165, 1.54) is 44.9 Å². The van der Waals surface area contributed by atoms with Gasteiger partial charge in [-0.25, -0.2) is 0 Å². The van der Waals surface area contributed by atoms with E-state index in [1.807, 2.05) is 54.6 Å². The molecule has 140 valence electrons. The van der Waals surface area contributed by atoms with Gasteiger partial charge in [-0.3, -0.25) is 4.79 Å². The molecule has 2 aromatic carbocycles. The minimum absolute atomic E-state index is 0.235. The lowest BCUT2D eigenvalue weighted by Gasteiger charge is -2.06. The van der Waals surface area contributed by atoms with Crippen LogP contribution in [0, 0.1) is 0 Å². The second kappa shape index (κ2) is 12.3. The smallest absolute Gasteiger partial charge is 0.162 e. The molecule has 2 aromatic rings. The minimum Gasteiger partial charge on any atom is -0.457 e. The maximum atomic E-state index is 12.3. The molecule has 0 aliphatic carbocycles. The minimum atomic E-state index is 0.235. The molecule has 0 spiro atoms. The molecule has 0 radical (unpaired) electrons. The molecule has 0 bridgehead atoms. The zero-order valence-electron chi connectivity index (χ0n) is 16.1. The van der Waals surface area contributed by atoms with E-state index in [0.717, 1.165) is 29.9 Å². The number of para-hydroxylation sites is 1. The van der Waals surface area contributed by atoms with Crippen molar-refractivity contribution in [2.45, 2.75) is 71.1 Å². The summed E-state index contributed by atoms with van der Waals surface area (Å²) in [5.41, 5.74) is 0.782. The van der Waals surface area contributed by atoms with Crippen LogP contribution in [-0.2, 0) is 0 Å². The van der Waals surface area contributed by atoms with E-state index in [2.05, 4.69) is 6.92 Å². The number of hydrogen-bond acceptors (Lipinski definition) is 2. The number of carbonyl (C=O) groups is 1. The van der Waals surface area contributed by atoms with Crippen molar-refractivity contribution >= 4 is 5.78 Å². The third-order valence-corrected chi connectivity index (χ3v) is 4.66. The zero-order valence-corrected chi connectivity index (χ0v) is 16.1. The standard InChI is InChI=1S/C24H32O2/c1-2-3-4-5-6-7-8-9-13-16-24(25)21-17-19-23(20-18-21)26-22-14-11-10-12-15-22/h10-12,14-15,17-20H,2-9,13,16H2,1H3. The molecule has 2 rings (SSSR count). The molecule has 0 aromatic heterocycles. The Morgan fingerprint density at radius 1 is 0.692 bits per heavy atom. The summed E-state index contributed by atoms with van der Waals surface area (Å²) in [5, 5.41) is 0. The van der Waals surface area contributed by atoms with Gasteiger partial charge in [0.25, 0.3) is 0 Å². The Morgan fingerprint density at radius 2 is 1.23 bits per heavy atom. The van der Waals surface area contributed by atoms with Crippen LogP contribution in [0.2, 0.25) is 0 Å². The highest BCUT2D eigenvalue weighted by Gasteiger charge is 2.06. The van der Waals surface area contributed by atoms with Gasteiger partial charge < -0.3 is 4.74 Å². The highest BCUT2D eigenvalue weighted by molar-refractivity contribution is 5.96. The first kappa shape index (κ1) is 20.2. The molecule has 2 heteroatoms. The predicted octanol–water partition coefficient (Wildman–Crippen LogP) is 7.58. The molecule has 0 atom stereocenters. The van der Waals surface area contributed by atoms with Crippen molar-refractivity contribution in [3.63, 3.8) is 0 Å². The molecule has 0 amide bonds. The van der Waals surface area contributed by atoms with Crippen LogP contribution in [-0.4, -0.2) is 5.78 Å². The van der Waals surface area contributed by atoms with Crippen LogP contribution in [0.4, 0.5) is 0 Å². The summed E-state index contributed by atoms with van der Waals surface area (Å²) in [6.07, 6.45) is 12.1. The van der Waals surface area contributed by atoms with Crippen molar-refractivity contribution in [2.75, 3.05) is 0 Å². The largest absolute Gasteiger partial charge is 0.457 e. The fourth-order valence-electron chi connectivity index (χ4n) is 3.07. The lowest BCUT2D eigenvalue weighted by atomic mass is 10.0. The van der Waals surface area contributed by atoms with Crippen LogP contribution in [0.15, 0.2) is 54.6 Å². The summed E-state index contributed by atoms with van der Waals surface area (Å²) in [5.74, 6) is 1.80. The Balaban J connectivity index is 1.62. The normalized spacial score (nSPS) is 10.7. The second-order valence-corrected chi connectivity index (χ2v) is 6.94. The van der Waals surface area contributed by atoms with E-state index < -0.39 is 0 Å². The van der Waals surface area contributed by atoms with Crippen LogP contribution in [0.3, 0.4) is 0 Å². The summed E-state index contributed by atoms with van der Waals surface area (Å²) >= 11 is 0. The first-order valence-corrected chi connectivity index (χ1v) is 10.2. The fourth-order valence-corrected chi connectivity index (χ4v) is 3.07. The highest BCUT2D eigenvalue weighted by Crippen LogP contribution is 2.22. The van der Waals surface area contributed by atoms with Crippen molar-refractivity contribution < 1.29 is 9.53 Å². The first-order chi connectivity index (χ1) is 12.8. The van der Waals surface area contributed by atoms with Crippen molar-refractivity contribution in [3.8, 4) is 11.5 Å². The van der Waals surface area contributed by atoms with Gasteiger partial charge in [0.15, 0.2) is 5.78 Å². The Kier molecular flexibility index (Phi) is 9.56. The van der Waals surface area contributed by atoms with E-state index in [4.69, 9.17) is 4.74 Å². The van der Waals surface area contributed by atoms with Crippen molar-refractivity contribution in [1.82, 2.24) is 0 Å². The number of ketones is 1. The van der Waals surface area contributed by atoms with Gasteiger partial charge in [-0.05, 0) is 42.8 Å². The van der Waals surface area contributed by atoms with E-state index in [-0.39, 0.29) is 5.78 Å². The summed E-state index contributed by atoms with van der Waals surface area (Å²) in [4.78, 5) is 12.3. The molecular weight excluding hydrogens is 320 g/mol. The molecule has 0 saturated carbocycles. The Labute approximate surface area is 158 Å². The van der Waals surface area contributed by atoms with Gasteiger partial charge in [-0.2, -0.15) is 0 Å². The number of rotatable bonds is 13. The van der Waals surface area contributed by atoms with E-state index in [1.54, 1.807) is 0 Å². The Hall–Kier alpha value is -2.09. The lowest BCUT2D eigenvalue weighted by Crippen LogP contribution is -1.98. The van der Waals surface area contributed by atoms with Crippen molar-refractivity contribution in [3.05, 3.63) is 60.2 Å². The quantitative estimate of drug-likeness (QED) is 0.274. The number of ether oxygens (including phenoxy) is 1. The first-order valence-electron chi connectivity index (χ1n) is 10.2. The van der Waals surface area contributed by atoms with E-state index in [0.29, 0.717) is 6.42 Å². The van der Waals surface area contributed by atoms with Gasteiger partial charge in [0.2, 0.25) is 0 Å². The second-order valence-electron chi connectivity index (χ2n) is 6.94. The molecule has 0 fully saturated rings. The lowest BCUT2D eigenvalue weighted by molar-refractivity contribution is 0.0979. The number of hydrogen-bond donors (Lipinski definition) is 0. The van der Waals surface area contributed by atoms with E-state index >= 15 is 0 Å². The molecule has 0 N–H and O–H groups in total. The molecule has 0 aliphatic heterocycles. The molecule has 0 aliphatic rings. The van der Waals surface area contributed by atoms with Crippen LogP contribution in [0.25, 0.3) is 0 Å². The topological polar surface area (TPSA) is 26.3 Å². The molecule has 0 unspecified atom stereocenters. The fraction of sp³-hybridized carbons (Fsp3) is 0.458. The molecule has 2 nitrogen and oxygen atoms in total. The summed E-state index contributed by atoms with van der Waals surface area (Å²) in [6.45, 7) is 2.25. The third-order valence-electron chi connectivity index (χ3n) is 4.66. The van der Waals surface area contributed by atoms with Gasteiger partial charge in [-0.15, -0.1) is 0 Å². The van der Waals surface area contributed by atoms with Gasteiger partial charge in [0, 0.05) is 12.0 Å². The maximum absolute atomic E-state index is 12.3. The van der Waals surface area contributed by atoms with Crippen LogP contribution < -0.4 is 4.74 Å². The predicted molar refractivity (Wildman–Crippen MR) is 109 cm³/mol. The number of carbonyl (C=O) groups excluding carboxylic acids is 1. The van der Waals surface area contributed by atoms with Crippen LogP contribution >= 0.6 is 0 Å². The average molecular weight is 353 g/mol. The number of benzene rings is 2. The summed E-state index contributed by atoms with van der Waals surface area (Å²) in [7, 11) is 0. The van der Waals surface area contributed by atoms with Gasteiger partial charge in [0.1, 0.15) is 11.5 Å². The summed E-state index contributed by atoms with van der Waals surface area (Å²) in [6, 6.07) is 17.2. The monoisotopic (exact) mass is 352 g/mol. The SMILES string of the molecule is CCCCCCCCCCCC(=O)c1ccc(Oc2ccccc2)cc1. The van der Waals surface area contributed by atoms with Gasteiger partial charge >= 0.3 is 0 Å². The zero-order chi connectivity index (χ0) is 18.5. The highest BCUT2D eigenvalue weighted by atomic mass is 16.5. The Morgan fingerprint density at radius 3 is 1.85 bits per heavy atom. The molecular formula is C24H32O2. The van der Waals surface area contributed by atoms with Crippen LogP contribution in [0.1, 0.15) is 81.5 Å². The third kappa shape index (κ3) is 7.86. The average Bonchev–Trinajstić information content (AvgIpc) is 2.68. The molecule has 0 heterocycles.